The molecule has 1 aliphatic rings. The van der Waals surface area contributed by atoms with Crippen LogP contribution in [0.2, 0.25) is 0 Å². The third-order valence-corrected chi connectivity index (χ3v) is 3.64. The second kappa shape index (κ2) is 4.84. The summed E-state index contributed by atoms with van der Waals surface area (Å²) in [6.45, 7) is 8.04. The third kappa shape index (κ3) is 2.63. The first-order valence-corrected chi connectivity index (χ1v) is 6.11. The van der Waals surface area contributed by atoms with Gasteiger partial charge in [-0.05, 0) is 64.3 Å². The highest BCUT2D eigenvalue weighted by atomic mass is 15.0. The average molecular weight is 206 g/mol. The minimum absolute atomic E-state index is 0.937. The zero-order valence-corrected chi connectivity index (χ0v) is 9.92. The molecule has 1 N–H and O–H groups in total. The molecular weight excluding hydrogens is 184 g/mol. The molecule has 1 aromatic rings. The van der Waals surface area contributed by atoms with Gasteiger partial charge in [0.25, 0.3) is 0 Å². The van der Waals surface area contributed by atoms with Crippen molar-refractivity contribution in [3.05, 3.63) is 23.5 Å². The summed E-state index contributed by atoms with van der Waals surface area (Å²) in [6.07, 6.45) is 4.07. The number of nitrogens with one attached hydrogen (secondary N) is 1. The van der Waals surface area contributed by atoms with Gasteiger partial charge in [0.05, 0.1) is 0 Å². The molecule has 0 bridgehead atoms. The van der Waals surface area contributed by atoms with Crippen LogP contribution in [0.15, 0.2) is 12.1 Å². The van der Waals surface area contributed by atoms with Gasteiger partial charge in [-0.1, -0.05) is 0 Å². The quantitative estimate of drug-likeness (QED) is 0.804. The molecule has 1 aliphatic heterocycles. The van der Waals surface area contributed by atoms with Gasteiger partial charge in [0.1, 0.15) is 0 Å². The van der Waals surface area contributed by atoms with Gasteiger partial charge in [-0.2, -0.15) is 0 Å². The molecule has 0 aliphatic carbocycles. The summed E-state index contributed by atoms with van der Waals surface area (Å²) in [4.78, 5) is 0. The van der Waals surface area contributed by atoms with Crippen LogP contribution in [0.5, 0.6) is 0 Å². The number of piperidine rings is 1. The van der Waals surface area contributed by atoms with Crippen molar-refractivity contribution in [2.24, 2.45) is 5.92 Å². The smallest absolute Gasteiger partial charge is 0.0227 e. The van der Waals surface area contributed by atoms with E-state index >= 15 is 0 Å². The van der Waals surface area contributed by atoms with Gasteiger partial charge < -0.3 is 9.88 Å². The fourth-order valence-corrected chi connectivity index (χ4v) is 2.53. The first-order chi connectivity index (χ1) is 7.27. The Morgan fingerprint density at radius 1 is 1.20 bits per heavy atom. The summed E-state index contributed by atoms with van der Waals surface area (Å²) < 4.78 is 2.45. The minimum Gasteiger partial charge on any atom is -0.349 e. The van der Waals surface area contributed by atoms with Crippen molar-refractivity contribution in [1.29, 1.82) is 0 Å². The number of hydrogen-bond donors (Lipinski definition) is 1. The van der Waals surface area contributed by atoms with Crippen molar-refractivity contribution >= 4 is 0 Å². The number of rotatable bonds is 3. The Kier molecular flexibility index (Phi) is 3.47. The van der Waals surface area contributed by atoms with Crippen LogP contribution >= 0.6 is 0 Å². The Bertz CT molecular complexity index is 289. The fourth-order valence-electron chi connectivity index (χ4n) is 2.53. The maximum atomic E-state index is 3.42. The lowest BCUT2D eigenvalue weighted by atomic mass is 9.95. The van der Waals surface area contributed by atoms with Crippen LogP contribution in [0.1, 0.15) is 30.7 Å². The predicted octanol–water partition coefficient (Wildman–Crippen LogP) is 2.49. The molecule has 1 saturated heterocycles. The van der Waals surface area contributed by atoms with Gasteiger partial charge >= 0.3 is 0 Å². The van der Waals surface area contributed by atoms with Crippen molar-refractivity contribution in [3.63, 3.8) is 0 Å². The van der Waals surface area contributed by atoms with Crippen molar-refractivity contribution in [2.45, 2.75) is 39.7 Å². The van der Waals surface area contributed by atoms with Crippen LogP contribution in [0.4, 0.5) is 0 Å². The van der Waals surface area contributed by atoms with Crippen LogP contribution < -0.4 is 5.32 Å². The van der Waals surface area contributed by atoms with E-state index in [2.05, 4.69) is 35.9 Å². The topological polar surface area (TPSA) is 17.0 Å². The Hall–Kier alpha value is -0.760. The van der Waals surface area contributed by atoms with E-state index in [-0.39, 0.29) is 0 Å². The highest BCUT2D eigenvalue weighted by Gasteiger charge is 2.13. The summed E-state index contributed by atoms with van der Waals surface area (Å²) in [5, 5.41) is 3.42. The largest absolute Gasteiger partial charge is 0.349 e. The number of nitrogens with zero attached hydrogens (tertiary/aromatic N) is 1. The Morgan fingerprint density at radius 3 is 2.40 bits per heavy atom. The number of aromatic nitrogens is 1. The molecular formula is C13H22N2. The lowest BCUT2D eigenvalue weighted by Gasteiger charge is -2.23. The van der Waals surface area contributed by atoms with Crippen molar-refractivity contribution in [2.75, 3.05) is 13.1 Å². The number of hydrogen-bond acceptors (Lipinski definition) is 1. The van der Waals surface area contributed by atoms with Crippen LogP contribution in [0.25, 0.3) is 0 Å². The highest BCUT2D eigenvalue weighted by Crippen LogP contribution is 2.18. The lowest BCUT2D eigenvalue weighted by molar-refractivity contribution is 0.336. The third-order valence-electron chi connectivity index (χ3n) is 3.64. The second-order valence-electron chi connectivity index (χ2n) is 4.75. The van der Waals surface area contributed by atoms with Gasteiger partial charge in [-0.3, -0.25) is 0 Å². The standard InChI is InChI=1S/C13H22N2/c1-11-3-4-12(2)15(11)10-7-13-5-8-14-9-6-13/h3-4,13-14H,5-10H2,1-2H3. The Labute approximate surface area is 92.7 Å². The molecule has 0 unspecified atom stereocenters. The molecule has 0 atom stereocenters. The summed E-state index contributed by atoms with van der Waals surface area (Å²) in [6, 6.07) is 4.44. The van der Waals surface area contributed by atoms with Crippen LogP contribution in [-0.4, -0.2) is 17.7 Å². The molecule has 1 fully saturated rings. The van der Waals surface area contributed by atoms with E-state index in [4.69, 9.17) is 0 Å². The monoisotopic (exact) mass is 206 g/mol. The molecule has 2 rings (SSSR count). The van der Waals surface area contributed by atoms with E-state index in [1.165, 1.54) is 50.3 Å². The van der Waals surface area contributed by atoms with Crippen LogP contribution in [0.3, 0.4) is 0 Å². The lowest BCUT2D eigenvalue weighted by Crippen LogP contribution is -2.28. The predicted molar refractivity (Wildman–Crippen MR) is 64.1 cm³/mol. The van der Waals surface area contributed by atoms with Crippen molar-refractivity contribution in [1.82, 2.24) is 9.88 Å². The molecule has 0 aromatic carbocycles. The maximum absolute atomic E-state index is 3.42. The minimum atomic E-state index is 0.937. The highest BCUT2D eigenvalue weighted by molar-refractivity contribution is 5.13. The van der Waals surface area contributed by atoms with E-state index in [0.29, 0.717) is 0 Å². The number of aryl methyl sites for hydroxylation is 2. The van der Waals surface area contributed by atoms with E-state index in [1.807, 2.05) is 0 Å². The maximum Gasteiger partial charge on any atom is 0.0227 e. The molecule has 0 spiro atoms. The zero-order chi connectivity index (χ0) is 10.7. The van der Waals surface area contributed by atoms with E-state index < -0.39 is 0 Å². The first-order valence-electron chi connectivity index (χ1n) is 6.11. The van der Waals surface area contributed by atoms with Crippen LogP contribution in [0, 0.1) is 19.8 Å². The summed E-state index contributed by atoms with van der Waals surface area (Å²) >= 11 is 0. The molecule has 84 valence electrons. The summed E-state index contributed by atoms with van der Waals surface area (Å²) in [5.41, 5.74) is 2.81. The molecule has 2 nitrogen and oxygen atoms in total. The first kappa shape index (κ1) is 10.7. The van der Waals surface area contributed by atoms with E-state index in [0.717, 1.165) is 5.92 Å². The van der Waals surface area contributed by atoms with Gasteiger partial charge in [-0.15, -0.1) is 0 Å². The molecule has 1 aromatic heterocycles. The zero-order valence-electron chi connectivity index (χ0n) is 9.92. The fraction of sp³-hybridized carbons (Fsp3) is 0.692. The molecule has 0 radical (unpaired) electrons. The normalized spacial score (nSPS) is 18.3. The second-order valence-corrected chi connectivity index (χ2v) is 4.75. The van der Waals surface area contributed by atoms with E-state index in [9.17, 15) is 0 Å². The molecule has 2 heterocycles. The van der Waals surface area contributed by atoms with Crippen molar-refractivity contribution < 1.29 is 0 Å². The Balaban J connectivity index is 1.87. The summed E-state index contributed by atoms with van der Waals surface area (Å²) in [5.74, 6) is 0.937. The van der Waals surface area contributed by atoms with Gasteiger partial charge in [0.2, 0.25) is 0 Å². The van der Waals surface area contributed by atoms with Crippen molar-refractivity contribution in [3.8, 4) is 0 Å². The molecule has 0 amide bonds. The SMILES string of the molecule is Cc1ccc(C)n1CCC1CCNCC1. The molecule has 0 saturated carbocycles. The van der Waals surface area contributed by atoms with Crippen LogP contribution in [-0.2, 0) is 6.54 Å². The van der Waals surface area contributed by atoms with E-state index in [1.54, 1.807) is 0 Å². The summed E-state index contributed by atoms with van der Waals surface area (Å²) in [7, 11) is 0. The molecule has 15 heavy (non-hydrogen) atoms. The Morgan fingerprint density at radius 2 is 1.80 bits per heavy atom. The van der Waals surface area contributed by atoms with Gasteiger partial charge in [0.15, 0.2) is 0 Å². The molecule has 2 heteroatoms. The van der Waals surface area contributed by atoms with Gasteiger partial charge in [0, 0.05) is 17.9 Å². The van der Waals surface area contributed by atoms with Gasteiger partial charge in [-0.25, -0.2) is 0 Å². The average Bonchev–Trinajstić information content (AvgIpc) is 2.58.